The number of aryl methyl sites for hydroxylation is 1. The third-order valence-corrected chi connectivity index (χ3v) is 4.49. The highest BCUT2D eigenvalue weighted by Gasteiger charge is 2.10. The van der Waals surface area contributed by atoms with Crippen LogP contribution in [0.2, 0.25) is 0 Å². The predicted molar refractivity (Wildman–Crippen MR) is 94.7 cm³/mol. The Morgan fingerprint density at radius 1 is 1.29 bits per heavy atom. The lowest BCUT2D eigenvalue weighted by molar-refractivity contribution is 0.0378. The van der Waals surface area contributed by atoms with Gasteiger partial charge in [0.2, 0.25) is 0 Å². The van der Waals surface area contributed by atoms with E-state index in [1.165, 1.54) is 11.3 Å². The van der Waals surface area contributed by atoms with Gasteiger partial charge >= 0.3 is 5.97 Å². The molecule has 0 fully saturated rings. The van der Waals surface area contributed by atoms with Crippen molar-refractivity contribution < 1.29 is 9.53 Å². The Hall–Kier alpha value is -2.47. The molecule has 0 aliphatic heterocycles. The highest BCUT2D eigenvalue weighted by molar-refractivity contribution is 7.18. The second-order valence-corrected chi connectivity index (χ2v) is 7.14. The lowest BCUT2D eigenvalue weighted by Gasteiger charge is -2.09. The van der Waals surface area contributed by atoms with Crippen LogP contribution in [-0.4, -0.2) is 21.6 Å². The molecule has 0 saturated heterocycles. The first kappa shape index (κ1) is 16.4. The number of hydrogen-bond acceptors (Lipinski definition) is 5. The number of benzene rings is 1. The summed E-state index contributed by atoms with van der Waals surface area (Å²) in [5, 5.41) is 0.650. The third-order valence-electron chi connectivity index (χ3n) is 3.53. The summed E-state index contributed by atoms with van der Waals surface area (Å²) in [5.41, 5.74) is 1.38. The van der Waals surface area contributed by atoms with E-state index >= 15 is 0 Å². The first-order valence-corrected chi connectivity index (χ1v) is 8.51. The molecule has 2 aromatic heterocycles. The van der Waals surface area contributed by atoms with Crippen molar-refractivity contribution in [3.8, 4) is 0 Å². The summed E-state index contributed by atoms with van der Waals surface area (Å²) >= 11 is 1.52. The number of thiophene rings is 1. The maximum atomic E-state index is 12.5. The van der Waals surface area contributed by atoms with E-state index in [9.17, 15) is 9.59 Å². The lowest BCUT2D eigenvalue weighted by Crippen LogP contribution is -2.20. The van der Waals surface area contributed by atoms with Crippen LogP contribution in [0.4, 0.5) is 0 Å². The summed E-state index contributed by atoms with van der Waals surface area (Å²) in [6, 6.07) is 8.95. The van der Waals surface area contributed by atoms with Gasteiger partial charge in [-0.3, -0.25) is 9.36 Å². The van der Waals surface area contributed by atoms with Gasteiger partial charge in [0, 0.05) is 4.88 Å². The minimum absolute atomic E-state index is 0.0485. The molecule has 0 atom stereocenters. The molecule has 1 aromatic carbocycles. The maximum absolute atomic E-state index is 12.5. The Labute approximate surface area is 143 Å². The summed E-state index contributed by atoms with van der Waals surface area (Å²) in [6.07, 6.45) is 1.42. The molecule has 0 N–H and O–H groups in total. The smallest absolute Gasteiger partial charge is 0.338 e. The van der Waals surface area contributed by atoms with Crippen LogP contribution in [0.15, 0.2) is 41.5 Å². The largest absolute Gasteiger partial charge is 0.459 e. The minimum Gasteiger partial charge on any atom is -0.459 e. The average molecular weight is 342 g/mol. The summed E-state index contributed by atoms with van der Waals surface area (Å²) in [6.45, 7) is 6.00. The highest BCUT2D eigenvalue weighted by Crippen LogP contribution is 2.19. The van der Waals surface area contributed by atoms with E-state index in [4.69, 9.17) is 4.74 Å². The zero-order valence-electron chi connectivity index (χ0n) is 13.8. The van der Waals surface area contributed by atoms with Crippen LogP contribution in [0.5, 0.6) is 0 Å². The van der Waals surface area contributed by atoms with E-state index in [1.54, 1.807) is 23.0 Å². The molecular weight excluding hydrogens is 324 g/mol. The lowest BCUT2D eigenvalue weighted by atomic mass is 10.1. The summed E-state index contributed by atoms with van der Waals surface area (Å²) in [4.78, 5) is 30.5. The van der Waals surface area contributed by atoms with Gasteiger partial charge in [-0.25, -0.2) is 9.78 Å². The average Bonchev–Trinajstić information content (AvgIpc) is 2.91. The van der Waals surface area contributed by atoms with E-state index in [1.807, 2.05) is 39.0 Å². The number of rotatable bonds is 4. The minimum atomic E-state index is -0.342. The van der Waals surface area contributed by atoms with Crippen LogP contribution in [0.25, 0.3) is 10.2 Å². The van der Waals surface area contributed by atoms with E-state index < -0.39 is 0 Å². The summed E-state index contributed by atoms with van der Waals surface area (Å²) in [5.74, 6) is -0.342. The van der Waals surface area contributed by atoms with Crippen molar-refractivity contribution in [1.29, 1.82) is 0 Å². The molecule has 0 aliphatic rings. The number of carbonyl (C=O) groups excluding carboxylic acids is 1. The van der Waals surface area contributed by atoms with Crippen LogP contribution in [0, 0.1) is 6.92 Å². The van der Waals surface area contributed by atoms with Gasteiger partial charge in [-0.15, -0.1) is 11.3 Å². The van der Waals surface area contributed by atoms with E-state index in [2.05, 4.69) is 4.98 Å². The molecule has 0 unspecified atom stereocenters. The van der Waals surface area contributed by atoms with Gasteiger partial charge < -0.3 is 4.74 Å². The SMILES string of the molecule is Cc1cc2c(=O)n(Cc3ccc(C(=O)OC(C)C)cc3)cnc2s1. The van der Waals surface area contributed by atoms with Crippen molar-refractivity contribution >= 4 is 27.5 Å². The molecule has 0 spiro atoms. The molecule has 3 aromatic rings. The van der Waals surface area contributed by atoms with Crippen molar-refractivity contribution in [2.75, 3.05) is 0 Å². The molecular formula is C18H18N2O3S. The number of carbonyl (C=O) groups is 1. The van der Waals surface area contributed by atoms with Gasteiger partial charge in [0.1, 0.15) is 4.83 Å². The Morgan fingerprint density at radius 3 is 2.67 bits per heavy atom. The summed E-state index contributed by atoms with van der Waals surface area (Å²) in [7, 11) is 0. The number of fused-ring (bicyclic) bond motifs is 1. The van der Waals surface area contributed by atoms with Crippen molar-refractivity contribution in [2.45, 2.75) is 33.4 Å². The second kappa shape index (κ2) is 6.57. The Kier molecular flexibility index (Phi) is 4.49. The number of aromatic nitrogens is 2. The zero-order chi connectivity index (χ0) is 17.3. The third kappa shape index (κ3) is 3.38. The van der Waals surface area contributed by atoms with Crippen LogP contribution < -0.4 is 5.56 Å². The van der Waals surface area contributed by atoms with Crippen molar-refractivity contribution in [3.63, 3.8) is 0 Å². The number of nitrogens with zero attached hydrogens (tertiary/aromatic N) is 2. The van der Waals surface area contributed by atoms with E-state index in [0.717, 1.165) is 15.3 Å². The van der Waals surface area contributed by atoms with Gasteiger partial charge in [-0.1, -0.05) is 12.1 Å². The highest BCUT2D eigenvalue weighted by atomic mass is 32.1. The number of ether oxygens (including phenoxy) is 1. The molecule has 2 heterocycles. The van der Waals surface area contributed by atoms with Crippen molar-refractivity contribution in [1.82, 2.24) is 9.55 Å². The van der Waals surface area contributed by atoms with Crippen molar-refractivity contribution in [2.24, 2.45) is 0 Å². The molecule has 124 valence electrons. The van der Waals surface area contributed by atoms with Crippen LogP contribution in [-0.2, 0) is 11.3 Å². The Balaban J connectivity index is 1.83. The fraction of sp³-hybridized carbons (Fsp3) is 0.278. The maximum Gasteiger partial charge on any atom is 0.338 e. The van der Waals surface area contributed by atoms with E-state index in [0.29, 0.717) is 17.5 Å². The molecule has 24 heavy (non-hydrogen) atoms. The molecule has 0 radical (unpaired) electrons. The fourth-order valence-electron chi connectivity index (χ4n) is 2.42. The van der Waals surface area contributed by atoms with Gasteiger partial charge in [-0.2, -0.15) is 0 Å². The summed E-state index contributed by atoms with van der Waals surface area (Å²) < 4.78 is 6.74. The fourth-order valence-corrected chi connectivity index (χ4v) is 3.26. The monoisotopic (exact) mass is 342 g/mol. The molecule has 0 bridgehead atoms. The topological polar surface area (TPSA) is 61.2 Å². The number of esters is 1. The van der Waals surface area contributed by atoms with Gasteiger partial charge in [0.25, 0.3) is 5.56 Å². The van der Waals surface area contributed by atoms with Crippen LogP contribution >= 0.6 is 11.3 Å². The number of hydrogen-bond donors (Lipinski definition) is 0. The quantitative estimate of drug-likeness (QED) is 0.682. The standard InChI is InChI=1S/C18H18N2O3S/c1-11(2)23-18(22)14-6-4-13(5-7-14)9-20-10-19-16-15(17(20)21)8-12(3)24-16/h4-8,10-11H,9H2,1-3H3. The molecule has 6 heteroatoms. The molecule has 3 rings (SSSR count). The molecule has 0 saturated carbocycles. The zero-order valence-corrected chi connectivity index (χ0v) is 14.6. The van der Waals surface area contributed by atoms with Gasteiger partial charge in [0.05, 0.1) is 29.9 Å². The van der Waals surface area contributed by atoms with E-state index in [-0.39, 0.29) is 17.6 Å². The predicted octanol–water partition coefficient (Wildman–Crippen LogP) is 3.38. The first-order chi connectivity index (χ1) is 11.4. The Bertz CT molecular complexity index is 939. The van der Waals surface area contributed by atoms with Crippen LogP contribution in [0.3, 0.4) is 0 Å². The molecule has 0 amide bonds. The second-order valence-electron chi connectivity index (χ2n) is 5.90. The normalized spacial score (nSPS) is 11.2. The Morgan fingerprint density at radius 2 is 2.00 bits per heavy atom. The first-order valence-electron chi connectivity index (χ1n) is 7.69. The molecule has 5 nitrogen and oxygen atoms in total. The van der Waals surface area contributed by atoms with Crippen LogP contribution in [0.1, 0.15) is 34.6 Å². The van der Waals surface area contributed by atoms with Gasteiger partial charge in [-0.05, 0) is 44.5 Å². The molecule has 0 aliphatic carbocycles. The van der Waals surface area contributed by atoms with Crippen molar-refractivity contribution in [3.05, 3.63) is 63.0 Å². The van der Waals surface area contributed by atoms with Gasteiger partial charge in [0.15, 0.2) is 0 Å².